The van der Waals surface area contributed by atoms with E-state index in [-0.39, 0.29) is 12.0 Å². The average molecular weight is 254 g/mol. The summed E-state index contributed by atoms with van der Waals surface area (Å²) >= 11 is 0. The van der Waals surface area contributed by atoms with Crippen LogP contribution in [0.2, 0.25) is 0 Å². The summed E-state index contributed by atoms with van der Waals surface area (Å²) in [4.78, 5) is 9.03. The van der Waals surface area contributed by atoms with E-state index in [1.807, 2.05) is 6.92 Å². The van der Waals surface area contributed by atoms with Crippen molar-refractivity contribution in [1.82, 2.24) is 0 Å². The van der Waals surface area contributed by atoms with Gasteiger partial charge in [0.05, 0.1) is 13.6 Å². The molecule has 0 saturated carbocycles. The zero-order valence-corrected chi connectivity index (χ0v) is 11.7. The molecule has 5 atom stereocenters. The molecule has 1 saturated heterocycles. The van der Waals surface area contributed by atoms with Gasteiger partial charge in [0.2, 0.25) is 0 Å². The highest BCUT2D eigenvalue weighted by Crippen LogP contribution is 2.40. The summed E-state index contributed by atoms with van der Waals surface area (Å²) in [7, 11) is -3.46. The highest BCUT2D eigenvalue weighted by Gasteiger charge is 2.32. The van der Waals surface area contributed by atoms with Crippen LogP contribution in [-0.2, 0) is 13.8 Å². The first kappa shape index (κ1) is 14.2. The van der Waals surface area contributed by atoms with Crippen LogP contribution >= 0.6 is 7.60 Å². The SMILES string of the molecule is CCC.[3H][C@@H]1C[C@H](C)[C@@H]([C@@H](C)OP(C)(=O)O)O1. The van der Waals surface area contributed by atoms with E-state index in [1.54, 1.807) is 6.92 Å². The lowest BCUT2D eigenvalue weighted by atomic mass is 10.0. The molecule has 0 aromatic carbocycles. The summed E-state index contributed by atoms with van der Waals surface area (Å²) in [6.07, 6.45) is 1.21. The average Bonchev–Trinajstić information content (AvgIpc) is 2.43. The molecule has 0 spiro atoms. The highest BCUT2D eigenvalue weighted by atomic mass is 31.2. The summed E-state index contributed by atoms with van der Waals surface area (Å²) in [6, 6.07) is 0. The Labute approximate surface area is 100 Å². The molecule has 1 unspecified atom stereocenters. The van der Waals surface area contributed by atoms with Gasteiger partial charge in [-0.2, -0.15) is 0 Å². The van der Waals surface area contributed by atoms with E-state index in [1.165, 1.54) is 6.42 Å². The molecule has 0 aromatic heterocycles. The quantitative estimate of drug-likeness (QED) is 0.786. The van der Waals surface area contributed by atoms with E-state index in [2.05, 4.69) is 13.8 Å². The molecule has 0 bridgehead atoms. The van der Waals surface area contributed by atoms with Crippen LogP contribution in [0.3, 0.4) is 0 Å². The van der Waals surface area contributed by atoms with Gasteiger partial charge in [-0.25, -0.2) is 0 Å². The Balaban J connectivity index is 0.000000770. The molecule has 0 aliphatic carbocycles. The lowest BCUT2D eigenvalue weighted by molar-refractivity contribution is 0.00202. The van der Waals surface area contributed by atoms with Crippen molar-refractivity contribution in [3.63, 3.8) is 0 Å². The number of hydrogen-bond acceptors (Lipinski definition) is 3. The molecule has 1 heterocycles. The van der Waals surface area contributed by atoms with Crippen molar-refractivity contribution >= 4 is 7.60 Å². The van der Waals surface area contributed by atoms with Gasteiger partial charge in [0, 0.05) is 13.2 Å². The second-order valence-electron chi connectivity index (χ2n) is 4.30. The Morgan fingerprint density at radius 2 is 2.19 bits per heavy atom. The number of hydrogen-bond donors (Lipinski definition) is 1. The van der Waals surface area contributed by atoms with Crippen molar-refractivity contribution < 1.29 is 20.1 Å². The molecule has 98 valence electrons. The summed E-state index contributed by atoms with van der Waals surface area (Å²) in [5.41, 5.74) is 0. The van der Waals surface area contributed by atoms with Crippen LogP contribution in [0.1, 0.15) is 41.9 Å². The Kier molecular flexibility index (Phi) is 6.59. The maximum absolute atomic E-state index is 11.0. The smallest absolute Gasteiger partial charge is 0.325 e. The molecule has 1 aliphatic rings. The predicted molar refractivity (Wildman–Crippen MR) is 65.8 cm³/mol. The summed E-state index contributed by atoms with van der Waals surface area (Å²) < 4.78 is 28.6. The number of rotatable bonds is 3. The van der Waals surface area contributed by atoms with E-state index < -0.39 is 20.3 Å². The summed E-state index contributed by atoms with van der Waals surface area (Å²) in [5.74, 6) is 0.194. The molecule has 1 aliphatic heterocycles. The van der Waals surface area contributed by atoms with Gasteiger partial charge in [0.15, 0.2) is 0 Å². The number of ether oxygens (including phenoxy) is 1. The van der Waals surface area contributed by atoms with Gasteiger partial charge in [0.1, 0.15) is 0 Å². The zero-order valence-electron chi connectivity index (χ0n) is 11.8. The standard InChI is InChI=1S/C8H17O4P.C3H8/c1-6-4-5-11-8(6)7(2)12-13(3,9)10;1-3-2/h6-8H,4-5H2,1-3H3,(H,9,10);3H2,1-2H3/t6-,7+,8-;/m0./s1/i5T;/t5-,6+,7-,8+;/m1.. The molecule has 5 heteroatoms. The maximum atomic E-state index is 11.0. The molecular weight excluding hydrogens is 227 g/mol. The lowest BCUT2D eigenvalue weighted by Crippen LogP contribution is -2.29. The van der Waals surface area contributed by atoms with Crippen molar-refractivity contribution in [2.75, 3.05) is 13.2 Å². The second-order valence-corrected chi connectivity index (χ2v) is 6.12. The fraction of sp³-hybridized carbons (Fsp3) is 1.00. The van der Waals surface area contributed by atoms with E-state index in [0.29, 0.717) is 6.42 Å². The normalized spacial score (nSPS) is 35.6. The molecule has 0 amide bonds. The largest absolute Gasteiger partial charge is 0.375 e. The first-order chi connectivity index (χ1) is 7.71. The molecule has 4 nitrogen and oxygen atoms in total. The van der Waals surface area contributed by atoms with E-state index in [9.17, 15) is 4.57 Å². The maximum Gasteiger partial charge on any atom is 0.325 e. The third-order valence-corrected chi connectivity index (χ3v) is 2.83. The fourth-order valence-corrected chi connectivity index (χ4v) is 2.27. The van der Waals surface area contributed by atoms with Crippen LogP contribution in [0.15, 0.2) is 0 Å². The molecule has 1 rings (SSSR count). The van der Waals surface area contributed by atoms with Crippen molar-refractivity contribution in [2.45, 2.75) is 52.7 Å². The Morgan fingerprint density at radius 1 is 1.69 bits per heavy atom. The minimum atomic E-state index is -3.46. The third kappa shape index (κ3) is 6.64. The monoisotopic (exact) mass is 254 g/mol. The minimum absolute atomic E-state index is 0.194. The minimum Gasteiger partial charge on any atom is -0.375 e. The predicted octanol–water partition coefficient (Wildman–Crippen LogP) is 3.05. The molecule has 0 radical (unpaired) electrons. The molecule has 0 aromatic rings. The second kappa shape index (κ2) is 7.44. The van der Waals surface area contributed by atoms with Gasteiger partial charge in [-0.1, -0.05) is 27.2 Å². The first-order valence-corrected chi connectivity index (χ1v) is 7.80. The van der Waals surface area contributed by atoms with Crippen LogP contribution in [0.4, 0.5) is 0 Å². The lowest BCUT2D eigenvalue weighted by Gasteiger charge is -2.23. The molecule has 1 fully saturated rings. The zero-order chi connectivity index (χ0) is 13.6. The van der Waals surface area contributed by atoms with Gasteiger partial charge in [-0.15, -0.1) is 0 Å². The topological polar surface area (TPSA) is 55.8 Å². The fourth-order valence-electron chi connectivity index (χ4n) is 1.53. The van der Waals surface area contributed by atoms with Gasteiger partial charge >= 0.3 is 7.60 Å². The van der Waals surface area contributed by atoms with Crippen molar-refractivity contribution in [3.05, 3.63) is 0 Å². The van der Waals surface area contributed by atoms with Crippen molar-refractivity contribution in [1.29, 1.82) is 0 Å². The molecular formula is C11H25O4P. The third-order valence-electron chi connectivity index (χ3n) is 2.11. The van der Waals surface area contributed by atoms with Crippen LogP contribution in [0.5, 0.6) is 0 Å². The van der Waals surface area contributed by atoms with E-state index in [4.69, 9.17) is 15.5 Å². The van der Waals surface area contributed by atoms with Crippen molar-refractivity contribution in [3.8, 4) is 0 Å². The first-order valence-electron chi connectivity index (χ1n) is 6.35. The molecule has 16 heavy (non-hydrogen) atoms. The van der Waals surface area contributed by atoms with E-state index in [0.717, 1.165) is 6.66 Å². The summed E-state index contributed by atoms with van der Waals surface area (Å²) in [6.45, 7) is 8.53. The Hall–Kier alpha value is 0.110. The van der Waals surface area contributed by atoms with Crippen LogP contribution in [-0.4, -0.2) is 30.3 Å². The Bertz CT molecular complexity index is 256. The van der Waals surface area contributed by atoms with Crippen LogP contribution in [0, 0.1) is 5.92 Å². The Morgan fingerprint density at radius 3 is 2.50 bits per heavy atom. The highest BCUT2D eigenvalue weighted by molar-refractivity contribution is 7.51. The van der Waals surface area contributed by atoms with Gasteiger partial charge < -0.3 is 14.2 Å². The van der Waals surface area contributed by atoms with Crippen LogP contribution in [0.25, 0.3) is 0 Å². The van der Waals surface area contributed by atoms with E-state index >= 15 is 0 Å². The molecule has 1 N–H and O–H groups in total. The summed E-state index contributed by atoms with van der Waals surface area (Å²) in [5, 5.41) is 0. The van der Waals surface area contributed by atoms with Crippen molar-refractivity contribution in [2.24, 2.45) is 5.92 Å². The van der Waals surface area contributed by atoms with Gasteiger partial charge in [-0.05, 0) is 19.3 Å². The van der Waals surface area contributed by atoms with Crippen LogP contribution < -0.4 is 0 Å². The van der Waals surface area contributed by atoms with Gasteiger partial charge in [-0.3, -0.25) is 4.57 Å². The van der Waals surface area contributed by atoms with Gasteiger partial charge in [0.25, 0.3) is 0 Å².